The second-order valence-electron chi connectivity index (χ2n) is 3.03. The predicted molar refractivity (Wildman–Crippen MR) is 68.3 cm³/mol. The molecule has 0 atom stereocenters. The van der Waals surface area contributed by atoms with Crippen molar-refractivity contribution >= 4 is 34.7 Å². The number of para-hydroxylation sites is 1. The van der Waals surface area contributed by atoms with Crippen molar-refractivity contribution in [1.29, 1.82) is 0 Å². The van der Waals surface area contributed by atoms with Gasteiger partial charge in [0.25, 0.3) is 5.91 Å². The molecule has 0 radical (unpaired) electrons. The molecule has 0 unspecified atom stereocenters. The van der Waals surface area contributed by atoms with Crippen LogP contribution < -0.4 is 5.32 Å². The van der Waals surface area contributed by atoms with E-state index in [0.717, 1.165) is 10.6 Å². The fraction of sp³-hybridized carbons (Fsp3) is 0.0909. The van der Waals surface area contributed by atoms with Crippen molar-refractivity contribution < 1.29 is 4.79 Å². The molecule has 0 aliphatic carbocycles. The molecule has 0 bridgehead atoms. The lowest BCUT2D eigenvalue weighted by molar-refractivity contribution is 0.102. The highest BCUT2D eigenvalue weighted by Crippen LogP contribution is 2.24. The predicted octanol–water partition coefficient (Wildman–Crippen LogP) is 3.12. The van der Waals surface area contributed by atoms with Crippen LogP contribution in [0.25, 0.3) is 0 Å². The first-order valence-corrected chi connectivity index (χ1v) is 6.80. The van der Waals surface area contributed by atoms with Crippen LogP contribution in [0.2, 0.25) is 0 Å². The Bertz CT molecular complexity index is 482. The first kappa shape index (κ1) is 11.2. The summed E-state index contributed by atoms with van der Waals surface area (Å²) in [6.07, 6.45) is 1.98. The summed E-state index contributed by atoms with van der Waals surface area (Å²) in [6.45, 7) is 0. The number of hydrogen-bond acceptors (Lipinski definition) is 4. The molecule has 16 heavy (non-hydrogen) atoms. The fourth-order valence-electron chi connectivity index (χ4n) is 1.26. The molecular formula is C11H10N2OS2. The minimum atomic E-state index is -0.164. The van der Waals surface area contributed by atoms with Crippen molar-refractivity contribution in [2.24, 2.45) is 0 Å². The van der Waals surface area contributed by atoms with Gasteiger partial charge in [-0.05, 0) is 18.4 Å². The van der Waals surface area contributed by atoms with Gasteiger partial charge in [-0.25, -0.2) is 4.98 Å². The van der Waals surface area contributed by atoms with Gasteiger partial charge in [-0.3, -0.25) is 4.79 Å². The van der Waals surface area contributed by atoms with Gasteiger partial charge in [-0.15, -0.1) is 23.1 Å². The van der Waals surface area contributed by atoms with Gasteiger partial charge in [0, 0.05) is 10.3 Å². The first-order chi connectivity index (χ1) is 7.81. The van der Waals surface area contributed by atoms with E-state index in [-0.39, 0.29) is 5.91 Å². The Morgan fingerprint density at radius 3 is 2.94 bits per heavy atom. The van der Waals surface area contributed by atoms with E-state index in [2.05, 4.69) is 10.3 Å². The third-order valence-corrected chi connectivity index (χ3v) is 3.40. The highest BCUT2D eigenvalue weighted by atomic mass is 32.2. The minimum Gasteiger partial charge on any atom is -0.320 e. The normalized spacial score (nSPS) is 10.1. The molecule has 0 fully saturated rings. The number of anilines is 1. The zero-order valence-corrected chi connectivity index (χ0v) is 10.3. The highest BCUT2D eigenvalue weighted by Gasteiger charge is 2.09. The van der Waals surface area contributed by atoms with E-state index in [1.54, 1.807) is 22.7 Å². The van der Waals surface area contributed by atoms with Crippen molar-refractivity contribution in [1.82, 2.24) is 4.98 Å². The lowest BCUT2D eigenvalue weighted by atomic mass is 10.3. The van der Waals surface area contributed by atoms with Crippen LogP contribution in [0, 0.1) is 0 Å². The zero-order valence-electron chi connectivity index (χ0n) is 8.64. The van der Waals surface area contributed by atoms with E-state index in [1.807, 2.05) is 30.5 Å². The quantitative estimate of drug-likeness (QED) is 0.851. The third kappa shape index (κ3) is 2.43. The van der Waals surface area contributed by atoms with E-state index in [9.17, 15) is 4.79 Å². The van der Waals surface area contributed by atoms with Gasteiger partial charge >= 0.3 is 0 Å². The average Bonchev–Trinajstić information content (AvgIpc) is 2.83. The van der Waals surface area contributed by atoms with Crippen LogP contribution in [0.1, 0.15) is 10.5 Å². The standard InChI is InChI=1S/C11H10N2OS2/c1-15-10-5-3-2-4-8(10)13-11(14)9-6-16-7-12-9/h2-7H,1H3,(H,13,14). The molecule has 2 rings (SSSR count). The van der Waals surface area contributed by atoms with E-state index in [1.165, 1.54) is 11.3 Å². The molecule has 0 aliphatic rings. The largest absolute Gasteiger partial charge is 0.320 e. The van der Waals surface area contributed by atoms with E-state index in [0.29, 0.717) is 5.69 Å². The summed E-state index contributed by atoms with van der Waals surface area (Å²) in [6, 6.07) is 7.71. The van der Waals surface area contributed by atoms with Crippen molar-refractivity contribution in [3.8, 4) is 0 Å². The maximum atomic E-state index is 11.8. The molecule has 3 nitrogen and oxygen atoms in total. The zero-order chi connectivity index (χ0) is 11.4. The fourth-order valence-corrected chi connectivity index (χ4v) is 2.34. The van der Waals surface area contributed by atoms with Crippen molar-refractivity contribution in [2.75, 3.05) is 11.6 Å². The molecule has 0 aliphatic heterocycles. The number of nitrogens with zero attached hydrogens (tertiary/aromatic N) is 1. The summed E-state index contributed by atoms with van der Waals surface area (Å²) in [5.41, 5.74) is 2.93. The second kappa shape index (κ2) is 5.14. The number of thiazole rings is 1. The lowest BCUT2D eigenvalue weighted by Crippen LogP contribution is -2.12. The van der Waals surface area contributed by atoms with Crippen LogP contribution in [0.15, 0.2) is 40.1 Å². The number of nitrogens with one attached hydrogen (secondary N) is 1. The Kier molecular flexibility index (Phi) is 3.58. The average molecular weight is 250 g/mol. The Hall–Kier alpha value is -1.33. The van der Waals surface area contributed by atoms with Gasteiger partial charge in [-0.2, -0.15) is 0 Å². The van der Waals surface area contributed by atoms with Crippen molar-refractivity contribution in [3.05, 3.63) is 40.8 Å². The molecule has 5 heteroatoms. The maximum absolute atomic E-state index is 11.8. The van der Waals surface area contributed by atoms with Crippen LogP contribution in [0.4, 0.5) is 5.69 Å². The summed E-state index contributed by atoms with van der Waals surface area (Å²) >= 11 is 3.01. The SMILES string of the molecule is CSc1ccccc1NC(=O)c1cscn1. The third-order valence-electron chi connectivity index (χ3n) is 2.02. The van der Waals surface area contributed by atoms with Gasteiger partial charge in [0.05, 0.1) is 11.2 Å². The van der Waals surface area contributed by atoms with Crippen LogP contribution in [-0.2, 0) is 0 Å². The van der Waals surface area contributed by atoms with E-state index < -0.39 is 0 Å². The minimum absolute atomic E-state index is 0.164. The Labute approximate surface area is 102 Å². The molecule has 1 amide bonds. The number of carbonyl (C=O) groups is 1. The molecule has 1 aromatic heterocycles. The van der Waals surface area contributed by atoms with E-state index in [4.69, 9.17) is 0 Å². The molecule has 1 aromatic carbocycles. The van der Waals surface area contributed by atoms with Crippen LogP contribution in [0.3, 0.4) is 0 Å². The number of amides is 1. The van der Waals surface area contributed by atoms with Gasteiger partial charge in [0.1, 0.15) is 5.69 Å². The number of rotatable bonds is 3. The van der Waals surface area contributed by atoms with Crippen molar-refractivity contribution in [2.45, 2.75) is 4.90 Å². The second-order valence-corrected chi connectivity index (χ2v) is 4.59. The van der Waals surface area contributed by atoms with Gasteiger partial charge in [-0.1, -0.05) is 12.1 Å². The summed E-state index contributed by atoms with van der Waals surface area (Å²) in [5.74, 6) is -0.164. The van der Waals surface area contributed by atoms with Gasteiger partial charge in [0.2, 0.25) is 0 Å². The molecule has 0 saturated carbocycles. The van der Waals surface area contributed by atoms with E-state index >= 15 is 0 Å². The smallest absolute Gasteiger partial charge is 0.275 e. The number of thioether (sulfide) groups is 1. The molecule has 0 saturated heterocycles. The summed E-state index contributed by atoms with van der Waals surface area (Å²) in [5, 5.41) is 4.58. The molecule has 2 aromatic rings. The molecule has 0 spiro atoms. The molecule has 1 heterocycles. The Morgan fingerprint density at radius 1 is 1.44 bits per heavy atom. The van der Waals surface area contributed by atoms with Crippen LogP contribution in [-0.4, -0.2) is 17.1 Å². The van der Waals surface area contributed by atoms with Gasteiger partial charge < -0.3 is 5.32 Å². The van der Waals surface area contributed by atoms with Crippen LogP contribution in [0.5, 0.6) is 0 Å². The number of benzene rings is 1. The maximum Gasteiger partial charge on any atom is 0.275 e. The Morgan fingerprint density at radius 2 is 2.25 bits per heavy atom. The molecule has 82 valence electrons. The molecule has 1 N–H and O–H groups in total. The van der Waals surface area contributed by atoms with Crippen LogP contribution >= 0.6 is 23.1 Å². The Balaban J connectivity index is 2.18. The van der Waals surface area contributed by atoms with Crippen molar-refractivity contribution in [3.63, 3.8) is 0 Å². The first-order valence-electron chi connectivity index (χ1n) is 4.64. The summed E-state index contributed by atoms with van der Waals surface area (Å²) in [4.78, 5) is 16.8. The summed E-state index contributed by atoms with van der Waals surface area (Å²) in [7, 11) is 0. The monoisotopic (exact) mass is 250 g/mol. The topological polar surface area (TPSA) is 42.0 Å². The molecular weight excluding hydrogens is 240 g/mol. The number of hydrogen-bond donors (Lipinski definition) is 1. The highest BCUT2D eigenvalue weighted by molar-refractivity contribution is 7.98. The number of carbonyl (C=O) groups excluding carboxylic acids is 1. The number of aromatic nitrogens is 1. The summed E-state index contributed by atoms with van der Waals surface area (Å²) < 4.78 is 0. The van der Waals surface area contributed by atoms with Gasteiger partial charge in [0.15, 0.2) is 0 Å². The lowest BCUT2D eigenvalue weighted by Gasteiger charge is -2.07.